The van der Waals surface area contributed by atoms with Gasteiger partial charge in [-0.05, 0) is 30.5 Å². The summed E-state index contributed by atoms with van der Waals surface area (Å²) in [4.78, 5) is 40.8. The quantitative estimate of drug-likeness (QED) is 0.628. The molecule has 1 aliphatic rings. The zero-order chi connectivity index (χ0) is 20.9. The van der Waals surface area contributed by atoms with Crippen molar-refractivity contribution in [3.63, 3.8) is 0 Å². The van der Waals surface area contributed by atoms with Crippen LogP contribution in [0.25, 0.3) is 11.1 Å². The van der Waals surface area contributed by atoms with Gasteiger partial charge in [-0.2, -0.15) is 0 Å². The highest BCUT2D eigenvalue weighted by molar-refractivity contribution is 5.80. The van der Waals surface area contributed by atoms with Crippen LogP contribution in [0.5, 0.6) is 0 Å². The van der Waals surface area contributed by atoms with Crippen molar-refractivity contribution in [1.29, 1.82) is 0 Å². The zero-order valence-electron chi connectivity index (χ0n) is 16.8. The Morgan fingerprint density at radius 2 is 1.47 bits per heavy atom. The maximum Gasteiger partial charge on any atom is 0.420 e. The fourth-order valence-corrected chi connectivity index (χ4v) is 3.85. The molecule has 1 fully saturated rings. The summed E-state index contributed by atoms with van der Waals surface area (Å²) < 4.78 is 6.55. The molecule has 2 heterocycles. The molecule has 0 spiro atoms. The molecule has 0 bridgehead atoms. The molecule has 0 saturated carbocycles. The van der Waals surface area contributed by atoms with Gasteiger partial charge < -0.3 is 14.2 Å². The summed E-state index contributed by atoms with van der Waals surface area (Å²) in [6.45, 7) is 1.95. The Hall–Kier alpha value is -3.35. The smallest absolute Gasteiger partial charge is 0.408 e. The molecule has 30 heavy (non-hydrogen) atoms. The van der Waals surface area contributed by atoms with Crippen molar-refractivity contribution in [3.05, 3.63) is 70.7 Å². The van der Waals surface area contributed by atoms with Gasteiger partial charge in [-0.15, -0.1) is 0 Å². The minimum Gasteiger partial charge on any atom is -0.408 e. The van der Waals surface area contributed by atoms with Crippen molar-refractivity contribution >= 4 is 22.9 Å². The number of hydrogen-bond donors (Lipinski definition) is 0. The van der Waals surface area contributed by atoms with Gasteiger partial charge in [0.25, 0.3) is 0 Å². The second kappa shape index (κ2) is 8.98. The van der Waals surface area contributed by atoms with Gasteiger partial charge in [-0.3, -0.25) is 14.2 Å². The van der Waals surface area contributed by atoms with Gasteiger partial charge in [-0.25, -0.2) is 4.79 Å². The summed E-state index contributed by atoms with van der Waals surface area (Å²) in [6.07, 6.45) is 2.22. The van der Waals surface area contributed by atoms with E-state index in [2.05, 4.69) is 12.1 Å². The monoisotopic (exact) mass is 407 g/mol. The summed E-state index contributed by atoms with van der Waals surface area (Å²) in [5.74, 6) is -0.535. The van der Waals surface area contributed by atoms with E-state index in [-0.39, 0.29) is 18.4 Å². The Balaban J connectivity index is 1.26. The minimum atomic E-state index is -0.531. The van der Waals surface area contributed by atoms with Crippen LogP contribution < -0.4 is 5.76 Å². The van der Waals surface area contributed by atoms with Crippen LogP contribution in [0.4, 0.5) is 0 Å². The summed E-state index contributed by atoms with van der Waals surface area (Å²) >= 11 is 0. The lowest BCUT2D eigenvalue weighted by Crippen LogP contribution is -2.51. The van der Waals surface area contributed by atoms with Crippen molar-refractivity contribution in [1.82, 2.24) is 14.4 Å². The molecule has 0 aliphatic carbocycles. The van der Waals surface area contributed by atoms with Crippen LogP contribution in [0.2, 0.25) is 0 Å². The van der Waals surface area contributed by atoms with Gasteiger partial charge in [0.05, 0.1) is 5.52 Å². The maximum atomic E-state index is 12.7. The predicted octanol–water partition coefficient (Wildman–Crippen LogP) is 2.29. The topological polar surface area (TPSA) is 75.8 Å². The van der Waals surface area contributed by atoms with E-state index in [0.29, 0.717) is 43.7 Å². The highest BCUT2D eigenvalue weighted by atomic mass is 16.4. The largest absolute Gasteiger partial charge is 0.420 e. The number of oxazole rings is 1. The number of carbonyl (C=O) groups excluding carboxylic acids is 2. The van der Waals surface area contributed by atoms with Gasteiger partial charge in [0.15, 0.2) is 5.58 Å². The Morgan fingerprint density at radius 3 is 2.20 bits per heavy atom. The van der Waals surface area contributed by atoms with Crippen LogP contribution in [0.3, 0.4) is 0 Å². The van der Waals surface area contributed by atoms with Gasteiger partial charge >= 0.3 is 5.76 Å². The molecule has 0 atom stereocenters. The van der Waals surface area contributed by atoms with E-state index in [1.54, 1.807) is 29.2 Å². The summed E-state index contributed by atoms with van der Waals surface area (Å²) in [6, 6.07) is 17.2. The average Bonchev–Trinajstić information content (AvgIpc) is 3.09. The highest BCUT2D eigenvalue weighted by Crippen LogP contribution is 2.13. The van der Waals surface area contributed by atoms with Crippen LogP contribution in [0.15, 0.2) is 63.8 Å². The molecule has 2 aromatic carbocycles. The van der Waals surface area contributed by atoms with Crippen molar-refractivity contribution < 1.29 is 14.0 Å². The van der Waals surface area contributed by atoms with E-state index in [0.717, 1.165) is 12.8 Å². The van der Waals surface area contributed by atoms with Crippen molar-refractivity contribution in [2.24, 2.45) is 0 Å². The van der Waals surface area contributed by atoms with Crippen LogP contribution in [-0.4, -0.2) is 52.4 Å². The minimum absolute atomic E-state index is 0.0547. The standard InChI is InChI=1S/C23H25N3O4/c27-21(12-6-9-18-7-2-1-3-8-18)24-13-15-25(16-14-24)22(28)17-26-19-10-4-5-11-20(19)30-23(26)29/h1-5,7-8,10-11H,6,9,12-17H2. The molecule has 1 aliphatic heterocycles. The highest BCUT2D eigenvalue weighted by Gasteiger charge is 2.25. The second-order valence-electron chi connectivity index (χ2n) is 7.52. The zero-order valence-corrected chi connectivity index (χ0v) is 16.8. The molecule has 7 nitrogen and oxygen atoms in total. The molecule has 0 radical (unpaired) electrons. The maximum absolute atomic E-state index is 12.7. The third kappa shape index (κ3) is 4.45. The fraction of sp³-hybridized carbons (Fsp3) is 0.348. The number of rotatable bonds is 6. The van der Waals surface area contributed by atoms with Crippen molar-refractivity contribution in [2.75, 3.05) is 26.2 Å². The number of piperazine rings is 1. The number of nitrogens with zero attached hydrogens (tertiary/aromatic N) is 3. The average molecular weight is 407 g/mol. The Bertz CT molecular complexity index is 1080. The van der Waals surface area contributed by atoms with E-state index in [1.165, 1.54) is 10.1 Å². The van der Waals surface area contributed by atoms with Crippen LogP contribution >= 0.6 is 0 Å². The van der Waals surface area contributed by atoms with E-state index in [9.17, 15) is 14.4 Å². The molecule has 1 aromatic heterocycles. The first-order valence-electron chi connectivity index (χ1n) is 10.3. The molecule has 4 rings (SSSR count). The summed E-state index contributed by atoms with van der Waals surface area (Å²) in [5, 5.41) is 0. The van der Waals surface area contributed by atoms with Crippen LogP contribution in [0.1, 0.15) is 18.4 Å². The Morgan fingerprint density at radius 1 is 0.833 bits per heavy atom. The third-order valence-corrected chi connectivity index (χ3v) is 5.55. The number of fused-ring (bicyclic) bond motifs is 1. The Labute approximate surface area is 174 Å². The first-order chi connectivity index (χ1) is 14.6. The molecular formula is C23H25N3O4. The summed E-state index contributed by atoms with van der Waals surface area (Å²) in [5.41, 5.74) is 2.33. The van der Waals surface area contributed by atoms with E-state index >= 15 is 0 Å². The van der Waals surface area contributed by atoms with Crippen LogP contribution in [0, 0.1) is 0 Å². The fourth-order valence-electron chi connectivity index (χ4n) is 3.85. The van der Waals surface area contributed by atoms with Crippen molar-refractivity contribution in [3.8, 4) is 0 Å². The molecule has 2 amide bonds. The summed E-state index contributed by atoms with van der Waals surface area (Å²) in [7, 11) is 0. The lowest BCUT2D eigenvalue weighted by atomic mass is 10.1. The third-order valence-electron chi connectivity index (χ3n) is 5.55. The number of hydrogen-bond acceptors (Lipinski definition) is 4. The first kappa shape index (κ1) is 19.9. The molecule has 156 valence electrons. The van der Waals surface area contributed by atoms with E-state index < -0.39 is 5.76 Å². The molecule has 7 heteroatoms. The van der Waals surface area contributed by atoms with Gasteiger partial charge in [0.2, 0.25) is 11.8 Å². The van der Waals surface area contributed by atoms with Gasteiger partial charge in [0.1, 0.15) is 6.54 Å². The van der Waals surface area contributed by atoms with Crippen LogP contribution in [-0.2, 0) is 22.6 Å². The number of amides is 2. The van der Waals surface area contributed by atoms with Crippen molar-refractivity contribution in [2.45, 2.75) is 25.8 Å². The number of para-hydroxylation sites is 2. The second-order valence-corrected chi connectivity index (χ2v) is 7.52. The number of carbonyl (C=O) groups is 2. The molecular weight excluding hydrogens is 382 g/mol. The molecule has 1 saturated heterocycles. The lowest BCUT2D eigenvalue weighted by molar-refractivity contribution is -0.140. The lowest BCUT2D eigenvalue weighted by Gasteiger charge is -2.35. The number of aromatic nitrogens is 1. The molecule has 0 N–H and O–H groups in total. The first-order valence-corrected chi connectivity index (χ1v) is 10.3. The van der Waals surface area contributed by atoms with E-state index in [1.807, 2.05) is 23.1 Å². The van der Waals surface area contributed by atoms with E-state index in [4.69, 9.17) is 4.42 Å². The van der Waals surface area contributed by atoms with Gasteiger partial charge in [-0.1, -0.05) is 42.5 Å². The predicted molar refractivity (Wildman–Crippen MR) is 113 cm³/mol. The molecule has 0 unspecified atom stereocenters. The Kier molecular flexibility index (Phi) is 5.97. The SMILES string of the molecule is O=C(CCCc1ccccc1)N1CCN(C(=O)Cn2c(=O)oc3ccccc32)CC1. The number of benzene rings is 2. The number of aryl methyl sites for hydroxylation is 1. The normalized spacial score (nSPS) is 14.3. The van der Waals surface area contributed by atoms with Gasteiger partial charge in [0, 0.05) is 32.6 Å². The molecule has 3 aromatic rings.